The molecular formula is C16H31N3. The molecule has 3 nitrogen and oxygen atoms in total. The van der Waals surface area contributed by atoms with Crippen molar-refractivity contribution < 1.29 is 0 Å². The highest BCUT2D eigenvalue weighted by atomic mass is 15.3. The zero-order valence-corrected chi connectivity index (χ0v) is 12.4. The number of rotatable bonds is 6. The molecule has 0 aromatic heterocycles. The van der Waals surface area contributed by atoms with Crippen LogP contribution in [0.15, 0.2) is 0 Å². The van der Waals surface area contributed by atoms with Crippen LogP contribution in [-0.2, 0) is 0 Å². The summed E-state index contributed by atoms with van der Waals surface area (Å²) >= 11 is 0. The maximum Gasteiger partial charge on any atom is 0.0110 e. The lowest BCUT2D eigenvalue weighted by Gasteiger charge is -2.35. The molecule has 0 spiro atoms. The van der Waals surface area contributed by atoms with Gasteiger partial charge in [-0.3, -0.25) is 0 Å². The van der Waals surface area contributed by atoms with Crippen molar-refractivity contribution in [1.29, 1.82) is 0 Å². The summed E-state index contributed by atoms with van der Waals surface area (Å²) in [6.45, 7) is 9.23. The minimum atomic E-state index is 0.824. The van der Waals surface area contributed by atoms with E-state index in [4.69, 9.17) is 0 Å². The number of piperidine rings is 1. The van der Waals surface area contributed by atoms with Crippen molar-refractivity contribution in [2.24, 2.45) is 5.92 Å². The fourth-order valence-electron chi connectivity index (χ4n) is 3.59. The van der Waals surface area contributed by atoms with Crippen LogP contribution in [0.3, 0.4) is 0 Å². The molecule has 2 aliphatic heterocycles. The van der Waals surface area contributed by atoms with E-state index in [9.17, 15) is 0 Å². The van der Waals surface area contributed by atoms with Gasteiger partial charge in [-0.25, -0.2) is 0 Å². The summed E-state index contributed by atoms with van der Waals surface area (Å²) in [6, 6.07) is 0.824. The summed E-state index contributed by atoms with van der Waals surface area (Å²) in [6.07, 6.45) is 10.0. The Balaban J connectivity index is 1.25. The second-order valence-corrected chi connectivity index (χ2v) is 6.87. The molecule has 0 bridgehead atoms. The van der Waals surface area contributed by atoms with E-state index in [0.29, 0.717) is 0 Å². The van der Waals surface area contributed by atoms with Gasteiger partial charge in [0.25, 0.3) is 0 Å². The van der Waals surface area contributed by atoms with E-state index in [2.05, 4.69) is 15.1 Å². The number of hydrogen-bond acceptors (Lipinski definition) is 3. The van der Waals surface area contributed by atoms with Gasteiger partial charge in [0, 0.05) is 38.8 Å². The summed E-state index contributed by atoms with van der Waals surface area (Å²) in [7, 11) is 0. The van der Waals surface area contributed by atoms with Crippen molar-refractivity contribution in [1.82, 2.24) is 15.1 Å². The summed E-state index contributed by atoms with van der Waals surface area (Å²) in [5, 5.41) is 3.67. The van der Waals surface area contributed by atoms with Crippen molar-refractivity contribution in [2.45, 2.75) is 51.0 Å². The minimum absolute atomic E-state index is 0.824. The molecule has 1 aliphatic carbocycles. The van der Waals surface area contributed by atoms with Crippen LogP contribution in [0.25, 0.3) is 0 Å². The monoisotopic (exact) mass is 265 g/mol. The molecule has 1 atom stereocenters. The Bertz CT molecular complexity index is 251. The molecule has 19 heavy (non-hydrogen) atoms. The van der Waals surface area contributed by atoms with Gasteiger partial charge in [0.15, 0.2) is 0 Å². The van der Waals surface area contributed by atoms with Gasteiger partial charge in [0.2, 0.25) is 0 Å². The quantitative estimate of drug-likeness (QED) is 0.792. The number of nitrogens with one attached hydrogen (secondary N) is 1. The molecule has 0 aromatic carbocycles. The first-order valence-corrected chi connectivity index (χ1v) is 8.58. The Hall–Kier alpha value is -0.120. The first-order chi connectivity index (χ1) is 9.40. The normalized spacial score (nSPS) is 30.6. The van der Waals surface area contributed by atoms with Gasteiger partial charge in [0.1, 0.15) is 0 Å². The summed E-state index contributed by atoms with van der Waals surface area (Å²) < 4.78 is 0. The Labute approximate surface area is 118 Å². The first-order valence-electron chi connectivity index (χ1n) is 8.58. The van der Waals surface area contributed by atoms with Crippen LogP contribution in [0, 0.1) is 5.92 Å². The topological polar surface area (TPSA) is 18.5 Å². The second kappa shape index (κ2) is 7.05. The van der Waals surface area contributed by atoms with Gasteiger partial charge in [-0.05, 0) is 57.5 Å². The standard InChI is InChI=1S/C16H31N3/c1-2-8-17-16(4-1)5-3-9-18-10-12-19(13-11-18)14-15-6-7-15/h15-17H,1-14H2. The molecule has 3 fully saturated rings. The number of hydrogen-bond donors (Lipinski definition) is 1. The summed E-state index contributed by atoms with van der Waals surface area (Å²) in [5.41, 5.74) is 0. The average Bonchev–Trinajstić information content (AvgIpc) is 3.26. The zero-order valence-electron chi connectivity index (χ0n) is 12.4. The molecule has 3 aliphatic rings. The van der Waals surface area contributed by atoms with Crippen LogP contribution in [0.2, 0.25) is 0 Å². The van der Waals surface area contributed by atoms with Crippen LogP contribution >= 0.6 is 0 Å². The Morgan fingerprint density at radius 1 is 0.895 bits per heavy atom. The van der Waals surface area contributed by atoms with E-state index in [-0.39, 0.29) is 0 Å². The van der Waals surface area contributed by atoms with E-state index in [1.165, 1.54) is 90.8 Å². The van der Waals surface area contributed by atoms with Crippen LogP contribution in [0.5, 0.6) is 0 Å². The van der Waals surface area contributed by atoms with Crippen LogP contribution in [-0.4, -0.2) is 61.7 Å². The predicted molar refractivity (Wildman–Crippen MR) is 80.5 cm³/mol. The molecule has 1 N–H and O–H groups in total. The Kier molecular flexibility index (Phi) is 5.14. The van der Waals surface area contributed by atoms with Gasteiger partial charge in [-0.15, -0.1) is 0 Å². The van der Waals surface area contributed by atoms with Crippen molar-refractivity contribution >= 4 is 0 Å². The lowest BCUT2D eigenvalue weighted by molar-refractivity contribution is 0.126. The summed E-state index contributed by atoms with van der Waals surface area (Å²) in [5.74, 6) is 1.06. The highest BCUT2D eigenvalue weighted by Gasteiger charge is 2.26. The van der Waals surface area contributed by atoms with E-state index < -0.39 is 0 Å². The Morgan fingerprint density at radius 3 is 2.37 bits per heavy atom. The van der Waals surface area contributed by atoms with Gasteiger partial charge in [-0.2, -0.15) is 0 Å². The minimum Gasteiger partial charge on any atom is -0.314 e. The molecule has 1 saturated carbocycles. The van der Waals surface area contributed by atoms with Crippen molar-refractivity contribution in [3.63, 3.8) is 0 Å². The lowest BCUT2D eigenvalue weighted by Crippen LogP contribution is -2.47. The average molecular weight is 265 g/mol. The zero-order chi connectivity index (χ0) is 12.9. The van der Waals surface area contributed by atoms with Crippen molar-refractivity contribution in [3.05, 3.63) is 0 Å². The molecule has 3 rings (SSSR count). The van der Waals surface area contributed by atoms with Crippen molar-refractivity contribution in [2.75, 3.05) is 45.8 Å². The van der Waals surface area contributed by atoms with Gasteiger partial charge < -0.3 is 15.1 Å². The van der Waals surface area contributed by atoms with Crippen LogP contribution in [0.1, 0.15) is 44.9 Å². The summed E-state index contributed by atoms with van der Waals surface area (Å²) in [4.78, 5) is 5.38. The highest BCUT2D eigenvalue weighted by molar-refractivity contribution is 4.81. The fourth-order valence-corrected chi connectivity index (χ4v) is 3.59. The van der Waals surface area contributed by atoms with Gasteiger partial charge >= 0.3 is 0 Å². The third-order valence-electron chi connectivity index (χ3n) is 5.12. The molecule has 110 valence electrons. The molecular weight excluding hydrogens is 234 g/mol. The fraction of sp³-hybridized carbons (Fsp3) is 1.00. The maximum absolute atomic E-state index is 3.67. The van der Waals surface area contributed by atoms with E-state index in [1.54, 1.807) is 0 Å². The molecule has 1 unspecified atom stereocenters. The third-order valence-corrected chi connectivity index (χ3v) is 5.12. The SMILES string of the molecule is C1CCC(CCCN2CCN(CC3CC3)CC2)NC1. The largest absolute Gasteiger partial charge is 0.314 e. The first kappa shape index (κ1) is 13.8. The van der Waals surface area contributed by atoms with Gasteiger partial charge in [0.05, 0.1) is 0 Å². The van der Waals surface area contributed by atoms with E-state index in [0.717, 1.165) is 12.0 Å². The van der Waals surface area contributed by atoms with E-state index >= 15 is 0 Å². The highest BCUT2D eigenvalue weighted by Crippen LogP contribution is 2.29. The lowest BCUT2D eigenvalue weighted by atomic mass is 10.0. The molecule has 0 aromatic rings. The van der Waals surface area contributed by atoms with Crippen molar-refractivity contribution in [3.8, 4) is 0 Å². The molecule has 2 heterocycles. The van der Waals surface area contributed by atoms with Crippen LogP contribution < -0.4 is 5.32 Å². The smallest absolute Gasteiger partial charge is 0.0110 e. The molecule has 3 heteroatoms. The maximum atomic E-state index is 3.67. The van der Waals surface area contributed by atoms with Gasteiger partial charge in [-0.1, -0.05) is 6.42 Å². The second-order valence-electron chi connectivity index (χ2n) is 6.87. The van der Waals surface area contributed by atoms with Crippen LogP contribution in [0.4, 0.5) is 0 Å². The third kappa shape index (κ3) is 4.73. The Morgan fingerprint density at radius 2 is 1.68 bits per heavy atom. The molecule has 2 saturated heterocycles. The predicted octanol–water partition coefficient (Wildman–Crippen LogP) is 1.94. The molecule has 0 amide bonds. The number of piperazine rings is 1. The van der Waals surface area contributed by atoms with E-state index in [1.807, 2.05) is 0 Å². The number of nitrogens with zero attached hydrogens (tertiary/aromatic N) is 2. The molecule has 0 radical (unpaired) electrons.